The summed E-state index contributed by atoms with van der Waals surface area (Å²) >= 11 is 1.75. The van der Waals surface area contributed by atoms with E-state index < -0.39 is 0 Å². The lowest BCUT2D eigenvalue weighted by molar-refractivity contribution is 0.399. The molecule has 8 heavy (non-hydrogen) atoms. The van der Waals surface area contributed by atoms with Crippen LogP contribution >= 0.6 is 11.9 Å². The van der Waals surface area contributed by atoms with Gasteiger partial charge in [0, 0.05) is 13.7 Å². The third-order valence-corrected chi connectivity index (χ3v) is 1.52. The van der Waals surface area contributed by atoms with Gasteiger partial charge in [0.2, 0.25) is 0 Å². The van der Waals surface area contributed by atoms with Gasteiger partial charge in [0.25, 0.3) is 0 Å². The van der Waals surface area contributed by atoms with Crippen LogP contribution in [0.2, 0.25) is 0 Å². The summed E-state index contributed by atoms with van der Waals surface area (Å²) in [5.41, 5.74) is 0. The molecule has 0 spiro atoms. The molecule has 1 heterocycles. The summed E-state index contributed by atoms with van der Waals surface area (Å²) in [6.45, 7) is 1.10. The molecule has 0 aromatic rings. The Kier molecular flexibility index (Phi) is 5.16. The molecule has 3 heteroatoms. The molecule has 0 saturated carbocycles. The molecular formula is C5H11NOS. The Hall–Kier alpha value is 0.01000. The van der Waals surface area contributed by atoms with Crippen LogP contribution in [0.15, 0.2) is 11.5 Å². The summed E-state index contributed by atoms with van der Waals surface area (Å²) in [4.78, 5) is 0. The highest BCUT2D eigenvalue weighted by atomic mass is 32.2. The second-order valence-corrected chi connectivity index (χ2v) is 2.39. The van der Waals surface area contributed by atoms with Crippen LogP contribution in [0.5, 0.6) is 0 Å². The fourth-order valence-electron chi connectivity index (χ4n) is 0.381. The van der Waals surface area contributed by atoms with E-state index in [0.717, 1.165) is 13.7 Å². The van der Waals surface area contributed by atoms with Crippen LogP contribution in [0, 0.1) is 0 Å². The summed E-state index contributed by atoms with van der Waals surface area (Å²) in [5, 5.41) is 9.10. The Morgan fingerprint density at radius 1 is 1.62 bits per heavy atom. The van der Waals surface area contributed by atoms with Gasteiger partial charge in [0.1, 0.15) is 0 Å². The first kappa shape index (κ1) is 8.01. The molecule has 0 aromatic carbocycles. The molecule has 0 amide bonds. The Bertz CT molecular complexity index is 66.8. The third-order valence-electron chi connectivity index (χ3n) is 0.700. The molecule has 0 atom stereocenters. The minimum Gasteiger partial charge on any atom is -0.400 e. The molecule has 0 bridgehead atoms. The second kappa shape index (κ2) is 5.15. The molecule has 0 fully saturated rings. The highest BCUT2D eigenvalue weighted by Crippen LogP contribution is 2.13. The van der Waals surface area contributed by atoms with E-state index in [4.69, 9.17) is 5.11 Å². The van der Waals surface area contributed by atoms with Crippen LogP contribution in [0.1, 0.15) is 0 Å². The van der Waals surface area contributed by atoms with E-state index in [2.05, 4.69) is 22.8 Å². The minimum absolute atomic E-state index is 1.00. The predicted octanol–water partition coefficient (Wildman–Crippen LogP) is 0.702. The maximum Gasteiger partial charge on any atom is 0.0319 e. The number of aliphatic hydroxyl groups is 1. The molecule has 1 rings (SSSR count). The lowest BCUT2D eigenvalue weighted by Gasteiger charge is -1.99. The maximum absolute atomic E-state index is 7.00. The van der Waals surface area contributed by atoms with Gasteiger partial charge < -0.3 is 5.11 Å². The van der Waals surface area contributed by atoms with E-state index in [1.807, 2.05) is 0 Å². The van der Waals surface area contributed by atoms with Crippen LogP contribution in [0.4, 0.5) is 0 Å². The highest BCUT2D eigenvalue weighted by Gasteiger charge is 1.96. The number of likely N-dealkylation sites (N-methyl/N-ethyl adjacent to an activating group) is 1. The van der Waals surface area contributed by atoms with Gasteiger partial charge in [-0.3, -0.25) is 0 Å². The molecule has 1 N–H and O–H groups in total. The fraction of sp³-hybridized carbons (Fsp3) is 0.600. The Labute approximate surface area is 54.3 Å². The van der Waals surface area contributed by atoms with Crippen LogP contribution in [0.25, 0.3) is 0 Å². The van der Waals surface area contributed by atoms with Crippen molar-refractivity contribution in [1.82, 2.24) is 4.31 Å². The number of rotatable bonds is 0. The van der Waals surface area contributed by atoms with Crippen molar-refractivity contribution in [3.8, 4) is 0 Å². The zero-order valence-electron chi connectivity index (χ0n) is 5.16. The molecule has 0 aromatic heterocycles. The first-order valence-corrected chi connectivity index (χ1v) is 3.21. The van der Waals surface area contributed by atoms with E-state index in [1.54, 1.807) is 11.9 Å². The Morgan fingerprint density at radius 2 is 2.25 bits per heavy atom. The molecule has 0 saturated heterocycles. The van der Waals surface area contributed by atoms with Crippen molar-refractivity contribution in [3.63, 3.8) is 0 Å². The van der Waals surface area contributed by atoms with E-state index in [0.29, 0.717) is 0 Å². The van der Waals surface area contributed by atoms with Crippen molar-refractivity contribution >= 4 is 11.9 Å². The monoisotopic (exact) mass is 133 g/mol. The van der Waals surface area contributed by atoms with Crippen molar-refractivity contribution < 1.29 is 5.11 Å². The molecule has 1 aliphatic heterocycles. The quantitative estimate of drug-likeness (QED) is 0.492. The molecular weight excluding hydrogens is 122 g/mol. The van der Waals surface area contributed by atoms with Gasteiger partial charge in [-0.2, -0.15) is 0 Å². The zero-order chi connectivity index (χ0) is 6.41. The van der Waals surface area contributed by atoms with Gasteiger partial charge in [0.05, 0.1) is 0 Å². The Morgan fingerprint density at radius 3 is 2.38 bits per heavy atom. The number of aliphatic hydroxyl groups excluding tert-OH is 1. The molecule has 2 nitrogen and oxygen atoms in total. The van der Waals surface area contributed by atoms with Gasteiger partial charge in [-0.25, -0.2) is 4.31 Å². The first-order valence-electron chi connectivity index (χ1n) is 2.37. The van der Waals surface area contributed by atoms with Crippen molar-refractivity contribution in [3.05, 3.63) is 11.5 Å². The number of hydrogen-bond donors (Lipinski definition) is 1. The molecule has 0 aliphatic carbocycles. The van der Waals surface area contributed by atoms with Crippen LogP contribution in [0.3, 0.4) is 0 Å². The first-order chi connectivity index (χ1) is 3.89. The molecule has 48 valence electrons. The molecule has 0 radical (unpaired) electrons. The van der Waals surface area contributed by atoms with E-state index in [1.165, 1.54) is 0 Å². The predicted molar refractivity (Wildman–Crippen MR) is 37.5 cm³/mol. The summed E-state index contributed by atoms with van der Waals surface area (Å²) in [6, 6.07) is 0. The van der Waals surface area contributed by atoms with E-state index in [9.17, 15) is 0 Å². The maximum atomic E-state index is 7.00. The largest absolute Gasteiger partial charge is 0.400 e. The second-order valence-electron chi connectivity index (χ2n) is 1.29. The van der Waals surface area contributed by atoms with Crippen molar-refractivity contribution in [2.45, 2.75) is 0 Å². The average Bonchev–Trinajstić information content (AvgIpc) is 2.24. The fourth-order valence-corrected chi connectivity index (χ4v) is 0.933. The molecule has 0 unspecified atom stereocenters. The topological polar surface area (TPSA) is 23.5 Å². The lowest BCUT2D eigenvalue weighted by atomic mass is 10.6. The van der Waals surface area contributed by atoms with Crippen LogP contribution in [-0.2, 0) is 0 Å². The summed E-state index contributed by atoms with van der Waals surface area (Å²) in [7, 11) is 3.07. The lowest BCUT2D eigenvalue weighted by Crippen LogP contribution is -2.01. The molecule has 1 aliphatic rings. The number of nitrogens with zero attached hydrogens (tertiary/aromatic N) is 1. The van der Waals surface area contributed by atoms with E-state index >= 15 is 0 Å². The van der Waals surface area contributed by atoms with Crippen molar-refractivity contribution in [2.24, 2.45) is 0 Å². The number of hydrogen-bond acceptors (Lipinski definition) is 3. The van der Waals surface area contributed by atoms with Gasteiger partial charge in [-0.15, -0.1) is 0 Å². The third kappa shape index (κ3) is 3.07. The zero-order valence-corrected chi connectivity index (χ0v) is 5.98. The SMILES string of the molecule is CN1CC=CS1.CO. The van der Waals surface area contributed by atoms with Gasteiger partial charge in [0.15, 0.2) is 0 Å². The van der Waals surface area contributed by atoms with Gasteiger partial charge in [-0.05, 0) is 12.5 Å². The average molecular weight is 133 g/mol. The summed E-state index contributed by atoms with van der Waals surface area (Å²) in [6.07, 6.45) is 2.14. The van der Waals surface area contributed by atoms with E-state index in [-0.39, 0.29) is 0 Å². The minimum atomic E-state index is 1.00. The van der Waals surface area contributed by atoms with Crippen molar-refractivity contribution in [1.29, 1.82) is 0 Å². The highest BCUT2D eigenvalue weighted by molar-refractivity contribution is 8.00. The van der Waals surface area contributed by atoms with Crippen LogP contribution < -0.4 is 0 Å². The van der Waals surface area contributed by atoms with Crippen molar-refractivity contribution in [2.75, 3.05) is 20.7 Å². The normalized spacial score (nSPS) is 17.9. The summed E-state index contributed by atoms with van der Waals surface area (Å²) < 4.78 is 2.17. The van der Waals surface area contributed by atoms with Crippen LogP contribution in [-0.4, -0.2) is 30.1 Å². The Balaban J connectivity index is 0.000000222. The van der Waals surface area contributed by atoms with Gasteiger partial charge >= 0.3 is 0 Å². The van der Waals surface area contributed by atoms with Gasteiger partial charge in [-0.1, -0.05) is 18.0 Å². The summed E-state index contributed by atoms with van der Waals surface area (Å²) in [5.74, 6) is 0. The smallest absolute Gasteiger partial charge is 0.0319 e. The standard InChI is InChI=1S/C4H7NS.CH4O/c1-5-3-2-4-6-5;1-2/h2,4H,3H2,1H3;2H,1H3.